The number of hydrogen-bond acceptors (Lipinski definition) is 4. The first-order chi connectivity index (χ1) is 10.7. The van der Waals surface area contributed by atoms with Gasteiger partial charge in [0.15, 0.2) is 11.2 Å². The smallest absolute Gasteiger partial charge is 0.313 e. The van der Waals surface area contributed by atoms with Crippen LogP contribution in [0.4, 0.5) is 0 Å². The Morgan fingerprint density at radius 1 is 1.09 bits per heavy atom. The van der Waals surface area contributed by atoms with Gasteiger partial charge in [-0.2, -0.15) is 0 Å². The zero-order valence-electron chi connectivity index (χ0n) is 11.6. The molecule has 1 spiro atoms. The minimum absolute atomic E-state index is 0.0740. The summed E-state index contributed by atoms with van der Waals surface area (Å²) in [5.41, 5.74) is -0.450. The molecule has 7 atom stereocenters. The van der Waals surface area contributed by atoms with Crippen molar-refractivity contribution >= 4 is 29.2 Å². The van der Waals surface area contributed by atoms with Crippen molar-refractivity contribution in [2.45, 2.75) is 29.5 Å². The van der Waals surface area contributed by atoms with Gasteiger partial charge in [0.05, 0.1) is 17.9 Å². The fourth-order valence-corrected chi connectivity index (χ4v) is 5.56. The van der Waals surface area contributed by atoms with Crippen LogP contribution < -0.4 is 0 Å². The van der Waals surface area contributed by atoms with E-state index < -0.39 is 23.2 Å². The summed E-state index contributed by atoms with van der Waals surface area (Å²) in [6, 6.07) is 9.91. The summed E-state index contributed by atoms with van der Waals surface area (Å²) in [5, 5.41) is 0. The monoisotopic (exact) mass is 340 g/mol. The molecule has 116 valence electrons. The van der Waals surface area contributed by atoms with Gasteiger partial charge in [-0.3, -0.25) is 4.79 Å². The van der Waals surface area contributed by atoms with E-state index in [1.165, 1.54) is 0 Å². The van der Waals surface area contributed by atoms with Gasteiger partial charge < -0.3 is 14.2 Å². The molecule has 1 aromatic carbocycles. The van der Waals surface area contributed by atoms with Crippen LogP contribution in [-0.4, -0.2) is 41.6 Å². The van der Waals surface area contributed by atoms with Crippen molar-refractivity contribution in [1.29, 1.82) is 0 Å². The summed E-state index contributed by atoms with van der Waals surface area (Å²) in [7, 11) is 0. The lowest BCUT2D eigenvalue weighted by atomic mass is 9.63. The lowest BCUT2D eigenvalue weighted by Crippen LogP contribution is -2.55. The lowest BCUT2D eigenvalue weighted by molar-refractivity contribution is -0.150. The first-order valence-electron chi connectivity index (χ1n) is 7.44. The third-order valence-electron chi connectivity index (χ3n) is 5.69. The molecule has 0 amide bonds. The Kier molecular flexibility index (Phi) is 2.58. The van der Waals surface area contributed by atoms with Crippen molar-refractivity contribution in [1.82, 2.24) is 0 Å². The molecule has 4 fully saturated rings. The van der Waals surface area contributed by atoms with E-state index in [1.54, 1.807) is 0 Å². The van der Waals surface area contributed by atoms with E-state index in [9.17, 15) is 4.79 Å². The maximum atomic E-state index is 12.4. The maximum absolute atomic E-state index is 12.4. The fraction of sp³-hybridized carbons (Fsp3) is 0.562. The molecular formula is C16H14Cl2O4. The van der Waals surface area contributed by atoms with Gasteiger partial charge in [0.25, 0.3) is 0 Å². The van der Waals surface area contributed by atoms with Gasteiger partial charge in [0, 0.05) is 11.8 Å². The summed E-state index contributed by atoms with van der Waals surface area (Å²) < 4.78 is 18.0. The number of epoxide rings is 1. The van der Waals surface area contributed by atoms with Crippen LogP contribution in [0.3, 0.4) is 0 Å². The Bertz CT molecular complexity index is 653. The summed E-state index contributed by atoms with van der Waals surface area (Å²) in [6.45, 7) is 0. The van der Waals surface area contributed by atoms with Gasteiger partial charge in [-0.05, 0) is 5.56 Å². The Balaban J connectivity index is 1.71. The van der Waals surface area contributed by atoms with Crippen molar-refractivity contribution in [3.05, 3.63) is 35.9 Å². The summed E-state index contributed by atoms with van der Waals surface area (Å²) >= 11 is 12.2. The van der Waals surface area contributed by atoms with Crippen LogP contribution in [0.5, 0.6) is 0 Å². The number of benzene rings is 1. The Hall–Kier alpha value is -0.810. The second kappa shape index (κ2) is 4.18. The van der Waals surface area contributed by atoms with E-state index in [4.69, 9.17) is 37.4 Å². The highest BCUT2D eigenvalue weighted by atomic mass is 35.5. The van der Waals surface area contributed by atoms with Crippen molar-refractivity contribution in [2.75, 3.05) is 11.8 Å². The van der Waals surface area contributed by atoms with Gasteiger partial charge in [-0.25, -0.2) is 0 Å². The molecule has 4 aliphatic rings. The Labute approximate surface area is 137 Å². The average Bonchev–Trinajstić information content (AvgIpc) is 3.04. The molecule has 2 bridgehead atoms. The number of hydrogen-bond donors (Lipinski definition) is 0. The third kappa shape index (κ3) is 1.22. The standard InChI is InChI=1S/C16H14Cl2O4/c17-6-9-11-14(19)20-10(7-18)16(11)15(8-4-2-1-3-5-8)13(22-15)12(9)21-16/h1-5,9-13H,6-7H2/t9-,10-,11-,12-,13-,15-,16+/m1/s1. The number of alkyl halides is 2. The highest BCUT2D eigenvalue weighted by Gasteiger charge is 2.91. The molecule has 6 heteroatoms. The van der Waals surface area contributed by atoms with E-state index in [-0.39, 0.29) is 30.0 Å². The zero-order chi connectivity index (χ0) is 15.1. The molecular weight excluding hydrogens is 327 g/mol. The fourth-order valence-electron chi connectivity index (χ4n) is 4.91. The largest absolute Gasteiger partial charge is 0.458 e. The first kappa shape index (κ1) is 13.6. The highest BCUT2D eigenvalue weighted by Crippen LogP contribution is 2.74. The average molecular weight is 341 g/mol. The number of cyclic esters (lactones) is 1. The van der Waals surface area contributed by atoms with Gasteiger partial charge >= 0.3 is 5.97 Å². The van der Waals surface area contributed by atoms with E-state index in [2.05, 4.69) is 0 Å². The maximum Gasteiger partial charge on any atom is 0.313 e. The molecule has 0 aromatic heterocycles. The molecule has 0 saturated carbocycles. The molecule has 0 radical (unpaired) electrons. The SMILES string of the molecule is O=C1O[C@H](CCl)[C@]23O[C@H]([C@H](CCl)[C@H]12)[C@H]1O[C@]13c1ccccc1. The van der Waals surface area contributed by atoms with Gasteiger partial charge in [0.1, 0.15) is 12.2 Å². The van der Waals surface area contributed by atoms with Crippen molar-refractivity contribution in [2.24, 2.45) is 11.8 Å². The molecule has 0 aliphatic carbocycles. The van der Waals surface area contributed by atoms with Crippen molar-refractivity contribution < 1.29 is 19.0 Å². The molecule has 4 aliphatic heterocycles. The van der Waals surface area contributed by atoms with Crippen LogP contribution in [0.15, 0.2) is 30.3 Å². The number of esters is 1. The molecule has 5 rings (SSSR count). The first-order valence-corrected chi connectivity index (χ1v) is 8.51. The quantitative estimate of drug-likeness (QED) is 0.480. The van der Waals surface area contributed by atoms with Crippen molar-refractivity contribution in [3.8, 4) is 0 Å². The second-order valence-corrected chi connectivity index (χ2v) is 7.01. The van der Waals surface area contributed by atoms with Gasteiger partial charge in [-0.1, -0.05) is 30.3 Å². The van der Waals surface area contributed by atoms with Crippen LogP contribution in [0, 0.1) is 11.8 Å². The predicted octanol–water partition coefficient (Wildman–Crippen LogP) is 2.07. The molecule has 0 unspecified atom stereocenters. The zero-order valence-corrected chi connectivity index (χ0v) is 13.1. The minimum atomic E-state index is -0.845. The molecule has 22 heavy (non-hydrogen) atoms. The predicted molar refractivity (Wildman–Crippen MR) is 78.9 cm³/mol. The van der Waals surface area contributed by atoms with E-state index in [0.717, 1.165) is 5.56 Å². The molecule has 0 N–H and O–H groups in total. The minimum Gasteiger partial charge on any atom is -0.458 e. The number of carbonyl (C=O) groups is 1. The summed E-state index contributed by atoms with van der Waals surface area (Å²) in [4.78, 5) is 12.4. The highest BCUT2D eigenvalue weighted by molar-refractivity contribution is 6.19. The second-order valence-electron chi connectivity index (χ2n) is 6.39. The number of carbonyl (C=O) groups excluding carboxylic acids is 1. The topological polar surface area (TPSA) is 48.1 Å². The number of ether oxygens (including phenoxy) is 3. The van der Waals surface area contributed by atoms with Crippen LogP contribution in [0.2, 0.25) is 0 Å². The van der Waals surface area contributed by atoms with Crippen LogP contribution in [0.1, 0.15) is 5.56 Å². The molecule has 4 heterocycles. The van der Waals surface area contributed by atoms with E-state index in [0.29, 0.717) is 5.88 Å². The van der Waals surface area contributed by atoms with Crippen LogP contribution in [-0.2, 0) is 24.6 Å². The van der Waals surface area contributed by atoms with Crippen molar-refractivity contribution in [3.63, 3.8) is 0 Å². The van der Waals surface area contributed by atoms with Crippen LogP contribution in [0.25, 0.3) is 0 Å². The summed E-state index contributed by atoms with van der Waals surface area (Å²) in [5.74, 6) is -0.201. The third-order valence-corrected chi connectivity index (χ3v) is 6.33. The number of fused-ring (bicyclic) bond motifs is 3. The molecule has 4 nitrogen and oxygen atoms in total. The molecule has 1 aromatic rings. The van der Waals surface area contributed by atoms with E-state index in [1.807, 2.05) is 30.3 Å². The Morgan fingerprint density at radius 2 is 1.86 bits per heavy atom. The normalized spacial score (nSPS) is 50.6. The number of rotatable bonds is 3. The van der Waals surface area contributed by atoms with Gasteiger partial charge in [-0.15, -0.1) is 23.2 Å². The van der Waals surface area contributed by atoms with E-state index >= 15 is 0 Å². The lowest BCUT2D eigenvalue weighted by Gasteiger charge is -2.35. The number of halogens is 2. The van der Waals surface area contributed by atoms with Crippen LogP contribution >= 0.6 is 23.2 Å². The molecule has 4 saturated heterocycles. The summed E-state index contributed by atoms with van der Waals surface area (Å²) in [6.07, 6.45) is -0.744. The Morgan fingerprint density at radius 3 is 2.55 bits per heavy atom. The van der Waals surface area contributed by atoms with Gasteiger partial charge in [0.2, 0.25) is 0 Å².